The molecule has 1 aromatic heterocycles. The van der Waals surface area contributed by atoms with Crippen molar-refractivity contribution >= 4 is 40.7 Å². The Morgan fingerprint density at radius 1 is 1.56 bits per heavy atom. The number of nitrogens with zero attached hydrogens (tertiary/aromatic N) is 1. The van der Waals surface area contributed by atoms with E-state index < -0.39 is 10.3 Å². The van der Waals surface area contributed by atoms with Crippen LogP contribution in [0, 0.1) is 5.92 Å². The molecule has 2 rings (SSSR count). The molecule has 0 N–H and O–H groups in total. The molecule has 0 saturated carbocycles. The van der Waals surface area contributed by atoms with Crippen LogP contribution < -0.4 is 0 Å². The zero-order valence-corrected chi connectivity index (χ0v) is 11.8. The van der Waals surface area contributed by atoms with Crippen LogP contribution in [0.25, 0.3) is 0 Å². The van der Waals surface area contributed by atoms with Crippen molar-refractivity contribution in [2.75, 3.05) is 12.4 Å². The number of hydrogen-bond donors (Lipinski definition) is 0. The van der Waals surface area contributed by atoms with Crippen molar-refractivity contribution in [1.29, 1.82) is 0 Å². The second-order valence-corrected chi connectivity index (χ2v) is 5.78. The first-order chi connectivity index (χ1) is 8.54. The molecule has 0 unspecified atom stereocenters. The summed E-state index contributed by atoms with van der Waals surface area (Å²) in [6.07, 6.45) is 3.16. The molecule has 1 amide bonds. The Bertz CT molecular complexity index is 444. The lowest BCUT2D eigenvalue weighted by Gasteiger charge is -2.24. The van der Waals surface area contributed by atoms with Crippen molar-refractivity contribution in [1.82, 2.24) is 4.90 Å². The lowest BCUT2D eigenvalue weighted by atomic mass is 9.99. The summed E-state index contributed by atoms with van der Waals surface area (Å²) in [5.41, 5.74) is 0. The standard InChI is InChI=1S/C12H12Cl3NO2/c1-2-5-16-10(9-4-3-6-18-9)8(7-13)12(14,15)11(16)17/h2-4,6,8,10H,1,5,7H2/t8-,10-/m0/s1. The molecule has 1 aliphatic heterocycles. The van der Waals surface area contributed by atoms with Crippen molar-refractivity contribution in [3.05, 3.63) is 36.8 Å². The molecule has 98 valence electrons. The molecule has 0 aromatic carbocycles. The van der Waals surface area contributed by atoms with Crippen molar-refractivity contribution in [2.24, 2.45) is 5.92 Å². The highest BCUT2D eigenvalue weighted by atomic mass is 35.5. The van der Waals surface area contributed by atoms with Crippen LogP contribution in [0.1, 0.15) is 11.8 Å². The first kappa shape index (κ1) is 13.8. The van der Waals surface area contributed by atoms with Gasteiger partial charge in [0.05, 0.1) is 12.3 Å². The van der Waals surface area contributed by atoms with Gasteiger partial charge in [0.25, 0.3) is 5.91 Å². The van der Waals surface area contributed by atoms with Gasteiger partial charge in [-0.3, -0.25) is 4.79 Å². The maximum Gasteiger partial charge on any atom is 0.260 e. The second kappa shape index (κ2) is 5.16. The van der Waals surface area contributed by atoms with E-state index >= 15 is 0 Å². The van der Waals surface area contributed by atoms with Gasteiger partial charge >= 0.3 is 0 Å². The summed E-state index contributed by atoms with van der Waals surface area (Å²) in [6.45, 7) is 3.98. The molecule has 0 aliphatic carbocycles. The molecule has 0 bridgehead atoms. The third-order valence-corrected chi connectivity index (χ3v) is 4.27. The maximum absolute atomic E-state index is 12.2. The summed E-state index contributed by atoms with van der Waals surface area (Å²) >= 11 is 18.2. The quantitative estimate of drug-likeness (QED) is 0.631. The SMILES string of the molecule is C=CCN1C(=O)C(Cl)(Cl)[C@@H](CCl)[C@H]1c1ccco1. The van der Waals surface area contributed by atoms with E-state index in [0.717, 1.165) is 0 Å². The molecule has 1 saturated heterocycles. The predicted octanol–water partition coefficient (Wildman–Crippen LogP) is 3.38. The molecule has 1 aromatic rings. The predicted molar refractivity (Wildman–Crippen MR) is 72.0 cm³/mol. The molecule has 2 heterocycles. The van der Waals surface area contributed by atoms with Crippen LogP contribution >= 0.6 is 34.8 Å². The third kappa shape index (κ3) is 2.04. The summed E-state index contributed by atoms with van der Waals surface area (Å²) in [4.78, 5) is 13.7. The zero-order chi connectivity index (χ0) is 13.3. The number of furan rings is 1. The van der Waals surface area contributed by atoms with Gasteiger partial charge in [-0.25, -0.2) is 0 Å². The maximum atomic E-state index is 12.2. The van der Waals surface area contributed by atoms with Crippen molar-refractivity contribution < 1.29 is 9.21 Å². The zero-order valence-electron chi connectivity index (χ0n) is 9.48. The minimum absolute atomic E-state index is 0.164. The van der Waals surface area contributed by atoms with Gasteiger partial charge < -0.3 is 9.32 Å². The van der Waals surface area contributed by atoms with Gasteiger partial charge in [-0.2, -0.15) is 0 Å². The van der Waals surface area contributed by atoms with Crippen molar-refractivity contribution in [2.45, 2.75) is 10.4 Å². The van der Waals surface area contributed by atoms with Crippen LogP contribution in [0.5, 0.6) is 0 Å². The first-order valence-electron chi connectivity index (χ1n) is 5.43. The number of likely N-dealkylation sites (tertiary alicyclic amines) is 1. The minimum atomic E-state index is -1.53. The van der Waals surface area contributed by atoms with E-state index in [1.165, 1.54) is 0 Å². The monoisotopic (exact) mass is 307 g/mol. The molecule has 0 radical (unpaired) electrons. The molecular weight excluding hydrogens is 296 g/mol. The number of halogens is 3. The Labute approximate surface area is 120 Å². The summed E-state index contributed by atoms with van der Waals surface area (Å²) in [5.74, 6) is -0.00417. The molecule has 3 nitrogen and oxygen atoms in total. The number of alkyl halides is 3. The highest BCUT2D eigenvalue weighted by Crippen LogP contribution is 2.50. The van der Waals surface area contributed by atoms with E-state index in [9.17, 15) is 4.79 Å². The minimum Gasteiger partial charge on any atom is -0.467 e. The molecule has 2 atom stereocenters. The number of rotatable bonds is 4. The average molecular weight is 309 g/mol. The van der Waals surface area contributed by atoms with Crippen LogP contribution in [-0.4, -0.2) is 27.6 Å². The number of carbonyl (C=O) groups excluding carboxylic acids is 1. The lowest BCUT2D eigenvalue weighted by Crippen LogP contribution is -2.33. The molecule has 6 heteroatoms. The molecular formula is C12H12Cl3NO2. The lowest BCUT2D eigenvalue weighted by molar-refractivity contribution is -0.129. The van der Waals surface area contributed by atoms with Gasteiger partial charge in [-0.1, -0.05) is 29.3 Å². The number of amides is 1. The van der Waals surface area contributed by atoms with Crippen LogP contribution in [0.3, 0.4) is 0 Å². The van der Waals surface area contributed by atoms with E-state index in [0.29, 0.717) is 12.3 Å². The van der Waals surface area contributed by atoms with Crippen molar-refractivity contribution in [3.63, 3.8) is 0 Å². The van der Waals surface area contributed by atoms with Gasteiger partial charge in [0, 0.05) is 18.3 Å². The summed E-state index contributed by atoms with van der Waals surface area (Å²) in [6, 6.07) is 3.17. The van der Waals surface area contributed by atoms with Gasteiger partial charge in [-0.05, 0) is 12.1 Å². The summed E-state index contributed by atoms with van der Waals surface area (Å²) < 4.78 is 3.84. The molecule has 1 aliphatic rings. The van der Waals surface area contributed by atoms with Crippen LogP contribution in [0.15, 0.2) is 35.5 Å². The van der Waals surface area contributed by atoms with Gasteiger partial charge in [-0.15, -0.1) is 18.2 Å². The van der Waals surface area contributed by atoms with E-state index in [1.54, 1.807) is 29.4 Å². The largest absolute Gasteiger partial charge is 0.467 e. The van der Waals surface area contributed by atoms with E-state index in [4.69, 9.17) is 39.2 Å². The van der Waals surface area contributed by atoms with E-state index in [2.05, 4.69) is 6.58 Å². The Morgan fingerprint density at radius 3 is 2.78 bits per heavy atom. The van der Waals surface area contributed by atoms with Crippen LogP contribution in [-0.2, 0) is 4.79 Å². The molecule has 1 fully saturated rings. The first-order valence-corrected chi connectivity index (χ1v) is 6.72. The topological polar surface area (TPSA) is 33.5 Å². The van der Waals surface area contributed by atoms with E-state index in [-0.39, 0.29) is 17.8 Å². The molecule has 18 heavy (non-hydrogen) atoms. The van der Waals surface area contributed by atoms with Gasteiger partial charge in [0.15, 0.2) is 0 Å². The normalized spacial score (nSPS) is 26.6. The number of hydrogen-bond acceptors (Lipinski definition) is 2. The Balaban J connectivity index is 2.44. The summed E-state index contributed by atoms with van der Waals surface area (Å²) in [5, 5.41) is 0. The second-order valence-electron chi connectivity index (χ2n) is 4.09. The van der Waals surface area contributed by atoms with Gasteiger partial charge in [0.1, 0.15) is 5.76 Å². The Hall–Kier alpha value is -0.640. The van der Waals surface area contributed by atoms with Crippen LogP contribution in [0.4, 0.5) is 0 Å². The van der Waals surface area contributed by atoms with Crippen LogP contribution in [0.2, 0.25) is 0 Å². The molecule has 0 spiro atoms. The Kier molecular flexibility index (Phi) is 3.95. The Morgan fingerprint density at radius 2 is 2.28 bits per heavy atom. The summed E-state index contributed by atoms with van der Waals surface area (Å²) in [7, 11) is 0. The fourth-order valence-electron chi connectivity index (χ4n) is 2.22. The number of carbonyl (C=O) groups is 1. The highest BCUT2D eigenvalue weighted by molar-refractivity contribution is 6.59. The average Bonchev–Trinajstić information content (AvgIpc) is 2.90. The fraction of sp³-hybridized carbons (Fsp3) is 0.417. The highest BCUT2D eigenvalue weighted by Gasteiger charge is 2.58. The third-order valence-electron chi connectivity index (χ3n) is 3.06. The van der Waals surface area contributed by atoms with Gasteiger partial charge in [0.2, 0.25) is 4.33 Å². The smallest absolute Gasteiger partial charge is 0.260 e. The van der Waals surface area contributed by atoms with Crippen molar-refractivity contribution in [3.8, 4) is 0 Å². The fourth-order valence-corrected chi connectivity index (χ4v) is 3.39. The van der Waals surface area contributed by atoms with E-state index in [1.807, 2.05) is 0 Å².